The van der Waals surface area contributed by atoms with E-state index in [1.54, 1.807) is 0 Å². The molecule has 1 radical (unpaired) electrons. The molecule has 0 spiro atoms. The molecule has 0 aromatic heterocycles. The van der Waals surface area contributed by atoms with Crippen molar-refractivity contribution in [2.45, 2.75) is 6.42 Å². The lowest BCUT2D eigenvalue weighted by molar-refractivity contribution is 0.208. The Hall–Kier alpha value is 0.310. The van der Waals surface area contributed by atoms with E-state index in [9.17, 15) is 0 Å². The standard InChI is InChI=1S/C5H9OS/c1-2-4-7-5-6-3-1/h1H,2-5H2. The van der Waals surface area contributed by atoms with E-state index >= 15 is 0 Å². The second-order valence-corrected chi connectivity index (χ2v) is 2.53. The van der Waals surface area contributed by atoms with Gasteiger partial charge < -0.3 is 4.74 Å². The fraction of sp³-hybridized carbons (Fsp3) is 0.800. The van der Waals surface area contributed by atoms with E-state index in [0.29, 0.717) is 0 Å². The molecule has 0 saturated carbocycles. The molecule has 1 nitrogen and oxygen atoms in total. The minimum absolute atomic E-state index is 0.854. The fourth-order valence-corrected chi connectivity index (χ4v) is 1.16. The summed E-state index contributed by atoms with van der Waals surface area (Å²) in [5.74, 6) is 2.12. The number of rotatable bonds is 0. The number of hydrogen-bond donors (Lipinski definition) is 0. The summed E-state index contributed by atoms with van der Waals surface area (Å²) in [5.41, 5.74) is 0. The van der Waals surface area contributed by atoms with E-state index < -0.39 is 0 Å². The predicted molar refractivity (Wildman–Crippen MR) is 32.2 cm³/mol. The highest BCUT2D eigenvalue weighted by molar-refractivity contribution is 7.99. The van der Waals surface area contributed by atoms with Crippen molar-refractivity contribution in [3.8, 4) is 0 Å². The molecule has 0 N–H and O–H groups in total. The van der Waals surface area contributed by atoms with E-state index in [4.69, 9.17) is 4.74 Å². The maximum absolute atomic E-state index is 5.10. The molecule has 7 heavy (non-hydrogen) atoms. The summed E-state index contributed by atoms with van der Waals surface area (Å²) >= 11 is 1.86. The van der Waals surface area contributed by atoms with Gasteiger partial charge in [-0.3, -0.25) is 0 Å². The van der Waals surface area contributed by atoms with E-state index in [1.165, 1.54) is 12.2 Å². The van der Waals surface area contributed by atoms with E-state index in [2.05, 4.69) is 6.42 Å². The van der Waals surface area contributed by atoms with Gasteiger partial charge in [-0.1, -0.05) is 0 Å². The van der Waals surface area contributed by atoms with Crippen LogP contribution in [0.15, 0.2) is 0 Å². The Morgan fingerprint density at radius 1 is 1.57 bits per heavy atom. The van der Waals surface area contributed by atoms with Gasteiger partial charge in [-0.05, 0) is 18.6 Å². The third-order valence-corrected chi connectivity index (χ3v) is 1.73. The largest absolute Gasteiger partial charge is 0.371 e. The Morgan fingerprint density at radius 2 is 2.57 bits per heavy atom. The van der Waals surface area contributed by atoms with E-state index in [1.807, 2.05) is 11.8 Å². The zero-order valence-electron chi connectivity index (χ0n) is 4.22. The van der Waals surface area contributed by atoms with Gasteiger partial charge in [0.1, 0.15) is 0 Å². The van der Waals surface area contributed by atoms with Crippen molar-refractivity contribution in [1.29, 1.82) is 0 Å². The molecule has 0 bridgehead atoms. The zero-order valence-corrected chi connectivity index (χ0v) is 5.04. The Balaban J connectivity index is 2.04. The molecular weight excluding hydrogens is 108 g/mol. The third-order valence-electron chi connectivity index (χ3n) is 0.869. The summed E-state index contributed by atoms with van der Waals surface area (Å²) in [6.45, 7) is 0.854. The Labute approximate surface area is 48.4 Å². The minimum atomic E-state index is 0.854. The van der Waals surface area contributed by atoms with Gasteiger partial charge in [0.05, 0.1) is 12.5 Å². The molecule has 0 aliphatic carbocycles. The Kier molecular flexibility index (Phi) is 2.59. The predicted octanol–water partition coefficient (Wildman–Crippen LogP) is 1.30. The van der Waals surface area contributed by atoms with Gasteiger partial charge in [0, 0.05) is 0 Å². The quantitative estimate of drug-likeness (QED) is 0.473. The molecule has 41 valence electrons. The summed E-state index contributed by atoms with van der Waals surface area (Å²) in [4.78, 5) is 0. The Morgan fingerprint density at radius 3 is 3.57 bits per heavy atom. The van der Waals surface area contributed by atoms with Crippen LogP contribution >= 0.6 is 11.8 Å². The number of thioether (sulfide) groups is 1. The second-order valence-electron chi connectivity index (χ2n) is 1.47. The average molecular weight is 117 g/mol. The van der Waals surface area contributed by atoms with E-state index in [0.717, 1.165) is 12.5 Å². The fourth-order valence-electron chi connectivity index (χ4n) is 0.499. The average Bonchev–Trinajstić information content (AvgIpc) is 1.90. The Bertz CT molecular complexity index is 27.7. The lowest BCUT2D eigenvalue weighted by Crippen LogP contribution is -1.87. The molecule has 1 saturated heterocycles. The van der Waals surface area contributed by atoms with Crippen LogP contribution in [0.25, 0.3) is 0 Å². The topological polar surface area (TPSA) is 9.23 Å². The molecule has 1 fully saturated rings. The van der Waals surface area contributed by atoms with Crippen LogP contribution in [-0.2, 0) is 4.74 Å². The summed E-state index contributed by atoms with van der Waals surface area (Å²) in [7, 11) is 0. The normalized spacial score (nSPS) is 24.0. The maximum Gasteiger partial charge on any atom is 0.0921 e. The lowest BCUT2D eigenvalue weighted by Gasteiger charge is -1.91. The molecule has 0 atom stereocenters. The molecule has 0 amide bonds. The van der Waals surface area contributed by atoms with Gasteiger partial charge in [0.15, 0.2) is 0 Å². The smallest absolute Gasteiger partial charge is 0.0921 e. The van der Waals surface area contributed by atoms with Crippen molar-refractivity contribution >= 4 is 11.8 Å². The molecule has 0 aromatic rings. The van der Waals surface area contributed by atoms with E-state index in [-0.39, 0.29) is 0 Å². The molecule has 1 aliphatic rings. The van der Waals surface area contributed by atoms with Crippen LogP contribution in [0.3, 0.4) is 0 Å². The minimum Gasteiger partial charge on any atom is -0.371 e. The first-order valence-electron chi connectivity index (χ1n) is 2.47. The lowest BCUT2D eigenvalue weighted by atomic mass is 10.4. The summed E-state index contributed by atoms with van der Waals surface area (Å²) in [6.07, 6.45) is 3.39. The second kappa shape index (κ2) is 3.33. The molecule has 0 unspecified atom stereocenters. The third kappa shape index (κ3) is 2.19. The van der Waals surface area contributed by atoms with Gasteiger partial charge in [-0.15, -0.1) is 11.8 Å². The summed E-state index contributed by atoms with van der Waals surface area (Å²) in [5, 5.41) is 0. The first kappa shape index (κ1) is 5.45. The van der Waals surface area contributed by atoms with Crippen molar-refractivity contribution in [3.63, 3.8) is 0 Å². The number of ether oxygens (including phenoxy) is 1. The highest BCUT2D eigenvalue weighted by atomic mass is 32.2. The first-order valence-corrected chi connectivity index (χ1v) is 3.63. The van der Waals surface area contributed by atoms with Crippen molar-refractivity contribution in [2.24, 2.45) is 0 Å². The van der Waals surface area contributed by atoms with Gasteiger partial charge in [-0.2, -0.15) is 0 Å². The van der Waals surface area contributed by atoms with Gasteiger partial charge in [-0.25, -0.2) is 0 Å². The maximum atomic E-state index is 5.10. The van der Waals surface area contributed by atoms with Crippen LogP contribution in [0.2, 0.25) is 0 Å². The first-order chi connectivity index (χ1) is 3.50. The molecule has 1 heterocycles. The van der Waals surface area contributed by atoms with Crippen molar-refractivity contribution in [1.82, 2.24) is 0 Å². The monoisotopic (exact) mass is 117 g/mol. The van der Waals surface area contributed by atoms with Crippen LogP contribution in [-0.4, -0.2) is 18.3 Å². The van der Waals surface area contributed by atoms with Gasteiger partial charge in [0.25, 0.3) is 0 Å². The number of hydrogen-bond acceptors (Lipinski definition) is 2. The van der Waals surface area contributed by atoms with Crippen molar-refractivity contribution in [2.75, 3.05) is 18.3 Å². The molecule has 1 rings (SSSR count). The van der Waals surface area contributed by atoms with Crippen LogP contribution in [0.4, 0.5) is 0 Å². The van der Waals surface area contributed by atoms with Gasteiger partial charge >= 0.3 is 0 Å². The van der Waals surface area contributed by atoms with Crippen LogP contribution < -0.4 is 0 Å². The summed E-state index contributed by atoms with van der Waals surface area (Å²) in [6, 6.07) is 0. The summed E-state index contributed by atoms with van der Waals surface area (Å²) < 4.78 is 5.10. The SMILES string of the molecule is [CH]1CCSCOC1. The highest BCUT2D eigenvalue weighted by Crippen LogP contribution is 2.08. The molecule has 2 heteroatoms. The van der Waals surface area contributed by atoms with Crippen LogP contribution in [0, 0.1) is 6.42 Å². The van der Waals surface area contributed by atoms with Crippen molar-refractivity contribution < 1.29 is 4.74 Å². The highest BCUT2D eigenvalue weighted by Gasteiger charge is 1.95. The molecular formula is C5H9OS. The molecule has 0 aromatic carbocycles. The zero-order chi connectivity index (χ0) is 4.95. The van der Waals surface area contributed by atoms with Gasteiger partial charge in [0.2, 0.25) is 0 Å². The van der Waals surface area contributed by atoms with Crippen LogP contribution in [0.1, 0.15) is 6.42 Å². The van der Waals surface area contributed by atoms with Crippen molar-refractivity contribution in [3.05, 3.63) is 6.42 Å². The molecule has 1 aliphatic heterocycles. The van der Waals surface area contributed by atoms with Crippen LogP contribution in [0.5, 0.6) is 0 Å².